The number of amides is 1. The molecule has 0 saturated carbocycles. The molecule has 1 aromatic heterocycles. The molecule has 0 saturated heterocycles. The lowest BCUT2D eigenvalue weighted by Gasteiger charge is -2.12. The third-order valence-electron chi connectivity index (χ3n) is 4.21. The first kappa shape index (κ1) is 19.6. The number of hydrogen-bond donors (Lipinski definition) is 1. The van der Waals surface area contributed by atoms with E-state index in [4.69, 9.17) is 18.6 Å². The minimum atomic E-state index is -3.01. The summed E-state index contributed by atoms with van der Waals surface area (Å²) in [6, 6.07) is 12.8. The van der Waals surface area contributed by atoms with Crippen LogP contribution in [-0.4, -0.2) is 19.3 Å². The molecule has 0 atom stereocenters. The summed E-state index contributed by atoms with van der Waals surface area (Å²) < 4.78 is 51.4. The predicted octanol–water partition coefficient (Wildman–Crippen LogP) is 4.75. The van der Waals surface area contributed by atoms with Gasteiger partial charge in [-0.1, -0.05) is 6.07 Å². The van der Waals surface area contributed by atoms with E-state index >= 15 is 0 Å². The smallest absolute Gasteiger partial charge is 0.387 e. The van der Waals surface area contributed by atoms with Gasteiger partial charge in [0.2, 0.25) is 6.79 Å². The number of benzene rings is 2. The van der Waals surface area contributed by atoms with Crippen LogP contribution in [0.25, 0.3) is 0 Å². The van der Waals surface area contributed by atoms with Gasteiger partial charge in [-0.15, -0.1) is 0 Å². The lowest BCUT2D eigenvalue weighted by Crippen LogP contribution is -2.13. The molecule has 0 spiro atoms. The summed E-state index contributed by atoms with van der Waals surface area (Å²) in [5.74, 6) is 1.46. The standard InChI is InChI=1S/C21H17F2NO6/c1-12-2-5-15(18(8-12)30-21(22)23)24-20(25)17-7-4-14(29-17)10-26-13-3-6-16-19(9-13)28-11-27-16/h2-9,21H,10-11H2,1H3,(H,24,25). The molecule has 0 fully saturated rings. The molecule has 1 aliphatic heterocycles. The largest absolute Gasteiger partial charge is 0.486 e. The SMILES string of the molecule is Cc1ccc(NC(=O)c2ccc(COc3ccc4c(c3)OCO4)o2)c(OC(F)F)c1. The van der Waals surface area contributed by atoms with Crippen LogP contribution in [0.2, 0.25) is 0 Å². The maximum absolute atomic E-state index is 12.6. The molecule has 3 aromatic rings. The molecule has 1 aliphatic rings. The fourth-order valence-corrected chi connectivity index (χ4v) is 2.81. The Morgan fingerprint density at radius 3 is 2.77 bits per heavy atom. The number of ether oxygens (including phenoxy) is 4. The van der Waals surface area contributed by atoms with Gasteiger partial charge in [0.15, 0.2) is 17.3 Å². The highest BCUT2D eigenvalue weighted by Crippen LogP contribution is 2.35. The van der Waals surface area contributed by atoms with Gasteiger partial charge in [-0.05, 0) is 48.9 Å². The second-order valence-electron chi connectivity index (χ2n) is 6.40. The monoisotopic (exact) mass is 417 g/mol. The second kappa shape index (κ2) is 8.32. The second-order valence-corrected chi connectivity index (χ2v) is 6.40. The summed E-state index contributed by atoms with van der Waals surface area (Å²) in [5.41, 5.74) is 0.824. The molecule has 7 nitrogen and oxygen atoms in total. The van der Waals surface area contributed by atoms with E-state index in [-0.39, 0.29) is 30.6 Å². The number of halogens is 2. The van der Waals surface area contributed by atoms with Gasteiger partial charge in [-0.3, -0.25) is 4.79 Å². The minimum absolute atomic E-state index is 0.00265. The molecule has 0 aliphatic carbocycles. The van der Waals surface area contributed by atoms with Crippen LogP contribution >= 0.6 is 0 Å². The molecule has 0 unspecified atom stereocenters. The average Bonchev–Trinajstić information content (AvgIpc) is 3.36. The Morgan fingerprint density at radius 1 is 1.10 bits per heavy atom. The summed E-state index contributed by atoms with van der Waals surface area (Å²) in [6.45, 7) is -1.04. The zero-order valence-corrected chi connectivity index (χ0v) is 15.8. The summed E-state index contributed by atoms with van der Waals surface area (Å²) in [4.78, 5) is 12.4. The van der Waals surface area contributed by atoms with Crippen molar-refractivity contribution in [3.8, 4) is 23.0 Å². The van der Waals surface area contributed by atoms with Crippen molar-refractivity contribution in [2.75, 3.05) is 12.1 Å². The number of carbonyl (C=O) groups excluding carboxylic acids is 1. The molecule has 2 heterocycles. The lowest BCUT2D eigenvalue weighted by molar-refractivity contribution is -0.0494. The zero-order chi connectivity index (χ0) is 21.1. The van der Waals surface area contributed by atoms with E-state index in [1.54, 1.807) is 37.3 Å². The van der Waals surface area contributed by atoms with Gasteiger partial charge in [0.1, 0.15) is 23.9 Å². The van der Waals surface area contributed by atoms with Crippen LogP contribution in [0.4, 0.5) is 14.5 Å². The lowest BCUT2D eigenvalue weighted by atomic mass is 10.2. The van der Waals surface area contributed by atoms with Crippen molar-refractivity contribution in [2.24, 2.45) is 0 Å². The zero-order valence-electron chi connectivity index (χ0n) is 15.8. The fraction of sp³-hybridized carbons (Fsp3) is 0.190. The van der Waals surface area contributed by atoms with Gasteiger partial charge >= 0.3 is 6.61 Å². The van der Waals surface area contributed by atoms with Crippen molar-refractivity contribution in [1.82, 2.24) is 0 Å². The molecule has 2 aromatic carbocycles. The first-order chi connectivity index (χ1) is 14.5. The number of aryl methyl sites for hydroxylation is 1. The van der Waals surface area contributed by atoms with Crippen molar-refractivity contribution in [3.05, 3.63) is 65.6 Å². The average molecular weight is 417 g/mol. The molecule has 0 bridgehead atoms. The quantitative estimate of drug-likeness (QED) is 0.598. The van der Waals surface area contributed by atoms with Crippen molar-refractivity contribution >= 4 is 11.6 Å². The fourth-order valence-electron chi connectivity index (χ4n) is 2.81. The predicted molar refractivity (Wildman–Crippen MR) is 101 cm³/mol. The van der Waals surface area contributed by atoms with Crippen molar-refractivity contribution < 1.29 is 36.9 Å². The Balaban J connectivity index is 1.40. The van der Waals surface area contributed by atoms with Gasteiger partial charge < -0.3 is 28.7 Å². The Kier molecular flexibility index (Phi) is 5.42. The number of anilines is 1. The van der Waals surface area contributed by atoms with Gasteiger partial charge in [0.05, 0.1) is 5.69 Å². The number of fused-ring (bicyclic) bond motifs is 1. The van der Waals surface area contributed by atoms with Crippen LogP contribution in [-0.2, 0) is 6.61 Å². The Labute approximate surface area is 170 Å². The highest BCUT2D eigenvalue weighted by molar-refractivity contribution is 6.03. The number of carbonyl (C=O) groups is 1. The molecule has 1 N–H and O–H groups in total. The van der Waals surface area contributed by atoms with Crippen molar-refractivity contribution in [3.63, 3.8) is 0 Å². The Morgan fingerprint density at radius 2 is 1.93 bits per heavy atom. The minimum Gasteiger partial charge on any atom is -0.486 e. The van der Waals surface area contributed by atoms with Crippen molar-refractivity contribution in [1.29, 1.82) is 0 Å². The molecule has 9 heteroatoms. The van der Waals surface area contributed by atoms with E-state index in [1.165, 1.54) is 18.2 Å². The number of furan rings is 1. The van der Waals surface area contributed by atoms with Crippen LogP contribution in [0.1, 0.15) is 21.9 Å². The van der Waals surface area contributed by atoms with Crippen LogP contribution in [0, 0.1) is 6.92 Å². The Bertz CT molecular complexity index is 1070. The van der Waals surface area contributed by atoms with E-state index in [1.807, 2.05) is 0 Å². The topological polar surface area (TPSA) is 79.2 Å². The molecule has 1 amide bonds. The van der Waals surface area contributed by atoms with E-state index < -0.39 is 12.5 Å². The van der Waals surface area contributed by atoms with Crippen molar-refractivity contribution in [2.45, 2.75) is 20.1 Å². The molecule has 30 heavy (non-hydrogen) atoms. The molecular formula is C21H17F2NO6. The summed E-state index contributed by atoms with van der Waals surface area (Å²) >= 11 is 0. The third-order valence-corrected chi connectivity index (χ3v) is 4.21. The number of nitrogens with one attached hydrogen (secondary N) is 1. The first-order valence-electron chi connectivity index (χ1n) is 8.96. The third kappa shape index (κ3) is 4.45. The summed E-state index contributed by atoms with van der Waals surface area (Å²) in [7, 11) is 0. The molecule has 4 rings (SSSR count). The van der Waals surface area contributed by atoms with Crippen LogP contribution in [0.5, 0.6) is 23.0 Å². The maximum atomic E-state index is 12.6. The number of hydrogen-bond acceptors (Lipinski definition) is 6. The molecular weight excluding hydrogens is 400 g/mol. The highest BCUT2D eigenvalue weighted by Gasteiger charge is 2.17. The van der Waals surface area contributed by atoms with Gasteiger partial charge in [0, 0.05) is 6.07 Å². The van der Waals surface area contributed by atoms with E-state index in [0.29, 0.717) is 28.6 Å². The Hall–Kier alpha value is -3.75. The normalized spacial score (nSPS) is 12.1. The van der Waals surface area contributed by atoms with Gasteiger partial charge in [-0.25, -0.2) is 0 Å². The molecule has 0 radical (unpaired) electrons. The molecule has 156 valence electrons. The van der Waals surface area contributed by atoms with Gasteiger partial charge in [0.25, 0.3) is 5.91 Å². The van der Waals surface area contributed by atoms with Gasteiger partial charge in [-0.2, -0.15) is 8.78 Å². The van der Waals surface area contributed by atoms with Crippen LogP contribution in [0.15, 0.2) is 52.9 Å². The summed E-state index contributed by atoms with van der Waals surface area (Å²) in [5, 5.41) is 2.51. The maximum Gasteiger partial charge on any atom is 0.387 e. The van der Waals surface area contributed by atoms with E-state index in [2.05, 4.69) is 10.1 Å². The van der Waals surface area contributed by atoms with Crippen LogP contribution < -0.4 is 24.3 Å². The number of rotatable bonds is 7. The summed E-state index contributed by atoms with van der Waals surface area (Å²) in [6.07, 6.45) is 0. The van der Waals surface area contributed by atoms with E-state index in [9.17, 15) is 13.6 Å². The van der Waals surface area contributed by atoms with Crippen LogP contribution in [0.3, 0.4) is 0 Å². The first-order valence-corrected chi connectivity index (χ1v) is 8.96. The highest BCUT2D eigenvalue weighted by atomic mass is 19.3. The number of alkyl halides is 2. The van der Waals surface area contributed by atoms with E-state index in [0.717, 1.165) is 0 Å².